The van der Waals surface area contributed by atoms with Gasteiger partial charge in [0.2, 0.25) is 5.91 Å². The lowest BCUT2D eigenvalue weighted by molar-refractivity contribution is -0.149. The van der Waals surface area contributed by atoms with Crippen molar-refractivity contribution >= 4 is 23.5 Å². The van der Waals surface area contributed by atoms with Gasteiger partial charge in [0, 0.05) is 11.6 Å². The van der Waals surface area contributed by atoms with Crippen molar-refractivity contribution in [1.29, 1.82) is 0 Å². The molecule has 2 aliphatic rings. The summed E-state index contributed by atoms with van der Waals surface area (Å²) in [5, 5.41) is 9.66. The molecule has 1 heterocycles. The number of halogens is 2. The zero-order chi connectivity index (χ0) is 15.9. The van der Waals surface area contributed by atoms with Gasteiger partial charge in [0.15, 0.2) is 0 Å². The fraction of sp³-hybridized carbons (Fsp3) is 0.500. The van der Waals surface area contributed by atoms with E-state index < -0.39 is 17.8 Å². The number of carbonyl (C=O) groups excluding carboxylic acids is 1. The van der Waals surface area contributed by atoms with E-state index in [2.05, 4.69) is 0 Å². The van der Waals surface area contributed by atoms with Gasteiger partial charge in [0.1, 0.15) is 11.9 Å². The molecular formula is C16H17ClFNO3. The van der Waals surface area contributed by atoms with Gasteiger partial charge in [-0.25, -0.2) is 9.18 Å². The Morgan fingerprint density at radius 1 is 1.36 bits per heavy atom. The molecule has 0 bridgehead atoms. The largest absolute Gasteiger partial charge is 0.480 e. The summed E-state index contributed by atoms with van der Waals surface area (Å²) in [6.45, 7) is 0.499. The third-order valence-electron chi connectivity index (χ3n) is 4.82. The zero-order valence-corrected chi connectivity index (χ0v) is 12.7. The smallest absolute Gasteiger partial charge is 0.326 e. The van der Waals surface area contributed by atoms with Gasteiger partial charge in [-0.2, -0.15) is 0 Å². The molecular weight excluding hydrogens is 309 g/mol. The van der Waals surface area contributed by atoms with Crippen LogP contribution in [0.4, 0.5) is 4.39 Å². The maximum absolute atomic E-state index is 13.1. The topological polar surface area (TPSA) is 57.6 Å². The Bertz CT molecular complexity index is 621. The SMILES string of the molecule is O=C(O)C1C2CCCC2CN1C(=O)Cc1ccc(F)cc1Cl. The van der Waals surface area contributed by atoms with Crippen molar-refractivity contribution in [2.45, 2.75) is 31.7 Å². The first-order valence-electron chi connectivity index (χ1n) is 7.43. The molecule has 1 saturated carbocycles. The van der Waals surface area contributed by atoms with Gasteiger partial charge in [0.25, 0.3) is 0 Å². The molecule has 0 aromatic heterocycles. The van der Waals surface area contributed by atoms with Crippen molar-refractivity contribution in [3.8, 4) is 0 Å². The van der Waals surface area contributed by atoms with Crippen molar-refractivity contribution in [2.24, 2.45) is 11.8 Å². The summed E-state index contributed by atoms with van der Waals surface area (Å²) in [5.41, 5.74) is 0.522. The lowest BCUT2D eigenvalue weighted by atomic mass is 9.94. The van der Waals surface area contributed by atoms with E-state index in [1.54, 1.807) is 0 Å². The molecule has 1 aromatic carbocycles. The molecule has 2 fully saturated rings. The second-order valence-corrected chi connectivity index (χ2v) is 6.50. The molecule has 4 nitrogen and oxygen atoms in total. The van der Waals surface area contributed by atoms with Gasteiger partial charge in [-0.1, -0.05) is 24.1 Å². The quantitative estimate of drug-likeness (QED) is 0.929. The monoisotopic (exact) mass is 325 g/mol. The molecule has 0 spiro atoms. The Labute approximate surface area is 132 Å². The number of carbonyl (C=O) groups is 2. The highest BCUT2D eigenvalue weighted by molar-refractivity contribution is 6.31. The van der Waals surface area contributed by atoms with E-state index in [0.29, 0.717) is 12.1 Å². The van der Waals surface area contributed by atoms with Crippen LogP contribution in [0, 0.1) is 17.7 Å². The lowest BCUT2D eigenvalue weighted by Crippen LogP contribution is -2.44. The molecule has 22 heavy (non-hydrogen) atoms. The fourth-order valence-corrected chi connectivity index (χ4v) is 4.04. The van der Waals surface area contributed by atoms with Gasteiger partial charge in [-0.15, -0.1) is 0 Å². The summed E-state index contributed by atoms with van der Waals surface area (Å²) in [6, 6.07) is 3.15. The summed E-state index contributed by atoms with van der Waals surface area (Å²) in [5.74, 6) is -1.30. The Balaban J connectivity index is 1.78. The third kappa shape index (κ3) is 2.70. The first kappa shape index (κ1) is 15.3. The second-order valence-electron chi connectivity index (χ2n) is 6.10. The minimum absolute atomic E-state index is 0.00231. The Morgan fingerprint density at radius 3 is 2.82 bits per heavy atom. The maximum atomic E-state index is 13.1. The number of rotatable bonds is 3. The summed E-state index contributed by atoms with van der Waals surface area (Å²) in [7, 11) is 0. The Kier molecular flexibility index (Phi) is 4.08. The highest BCUT2D eigenvalue weighted by Gasteiger charge is 2.49. The average Bonchev–Trinajstić information content (AvgIpc) is 3.01. The van der Waals surface area contributed by atoms with Crippen molar-refractivity contribution in [3.63, 3.8) is 0 Å². The standard InChI is InChI=1S/C16H17ClFNO3/c17-13-7-11(18)5-4-9(13)6-14(20)19-8-10-2-1-3-12(10)15(19)16(21)22/h4-5,7,10,12,15H,1-3,6,8H2,(H,21,22). The molecule has 1 aliphatic heterocycles. The molecule has 3 rings (SSSR count). The van der Waals surface area contributed by atoms with Gasteiger partial charge in [0.05, 0.1) is 6.42 Å². The van der Waals surface area contributed by atoms with E-state index in [4.69, 9.17) is 11.6 Å². The van der Waals surface area contributed by atoms with E-state index in [0.717, 1.165) is 25.3 Å². The average molecular weight is 326 g/mol. The highest BCUT2D eigenvalue weighted by Crippen LogP contribution is 2.42. The summed E-state index contributed by atoms with van der Waals surface area (Å²) >= 11 is 5.95. The predicted molar refractivity (Wildman–Crippen MR) is 79.1 cm³/mol. The first-order chi connectivity index (χ1) is 10.5. The molecule has 118 valence electrons. The van der Waals surface area contributed by atoms with Crippen LogP contribution in [-0.2, 0) is 16.0 Å². The Morgan fingerprint density at radius 2 is 2.14 bits per heavy atom. The summed E-state index contributed by atoms with van der Waals surface area (Å²) < 4.78 is 13.1. The van der Waals surface area contributed by atoms with E-state index in [1.165, 1.54) is 17.0 Å². The molecule has 1 aliphatic carbocycles. The van der Waals surface area contributed by atoms with Crippen LogP contribution in [0.5, 0.6) is 0 Å². The van der Waals surface area contributed by atoms with Crippen LogP contribution in [0.2, 0.25) is 5.02 Å². The van der Waals surface area contributed by atoms with Gasteiger partial charge < -0.3 is 10.0 Å². The van der Waals surface area contributed by atoms with Crippen LogP contribution in [0.25, 0.3) is 0 Å². The van der Waals surface area contributed by atoms with Gasteiger partial charge in [-0.05, 0) is 42.4 Å². The molecule has 1 aromatic rings. The fourth-order valence-electron chi connectivity index (χ4n) is 3.81. The lowest BCUT2D eigenvalue weighted by Gasteiger charge is -2.24. The normalized spacial score (nSPS) is 27.0. The number of nitrogens with zero attached hydrogens (tertiary/aromatic N) is 1. The number of benzene rings is 1. The second kappa shape index (κ2) is 5.88. The van der Waals surface area contributed by atoms with Crippen LogP contribution >= 0.6 is 11.6 Å². The molecule has 1 saturated heterocycles. The number of amides is 1. The summed E-state index contributed by atoms with van der Waals surface area (Å²) in [4.78, 5) is 25.5. The predicted octanol–water partition coefficient (Wildman–Crippen LogP) is 2.73. The number of aliphatic carboxylic acids is 1. The Hall–Kier alpha value is -1.62. The van der Waals surface area contributed by atoms with E-state index in [9.17, 15) is 19.1 Å². The van der Waals surface area contributed by atoms with Crippen molar-refractivity contribution in [1.82, 2.24) is 4.90 Å². The van der Waals surface area contributed by atoms with Crippen LogP contribution in [-0.4, -0.2) is 34.5 Å². The van der Waals surface area contributed by atoms with Crippen molar-refractivity contribution < 1.29 is 19.1 Å². The van der Waals surface area contributed by atoms with Crippen LogP contribution in [0.3, 0.4) is 0 Å². The minimum atomic E-state index is -0.937. The first-order valence-corrected chi connectivity index (χ1v) is 7.81. The maximum Gasteiger partial charge on any atom is 0.326 e. The molecule has 0 radical (unpaired) electrons. The van der Waals surface area contributed by atoms with Gasteiger partial charge >= 0.3 is 5.97 Å². The van der Waals surface area contributed by atoms with Crippen molar-refractivity contribution in [3.05, 3.63) is 34.6 Å². The molecule has 3 unspecified atom stereocenters. The van der Waals surface area contributed by atoms with Crippen LogP contribution in [0.1, 0.15) is 24.8 Å². The number of likely N-dealkylation sites (tertiary alicyclic amines) is 1. The van der Waals surface area contributed by atoms with Crippen LogP contribution < -0.4 is 0 Å². The molecule has 1 amide bonds. The van der Waals surface area contributed by atoms with E-state index >= 15 is 0 Å². The van der Waals surface area contributed by atoms with E-state index in [1.807, 2.05) is 0 Å². The number of carboxylic acid groups (broad SMARTS) is 1. The van der Waals surface area contributed by atoms with Crippen LogP contribution in [0.15, 0.2) is 18.2 Å². The number of fused-ring (bicyclic) bond motifs is 1. The molecule has 1 N–H and O–H groups in total. The number of hydrogen-bond acceptors (Lipinski definition) is 2. The van der Waals surface area contributed by atoms with Crippen molar-refractivity contribution in [2.75, 3.05) is 6.54 Å². The molecule has 6 heteroatoms. The number of hydrogen-bond donors (Lipinski definition) is 1. The number of carboxylic acids is 1. The summed E-state index contributed by atoms with van der Waals surface area (Å²) in [6.07, 6.45) is 2.88. The van der Waals surface area contributed by atoms with E-state index in [-0.39, 0.29) is 29.2 Å². The van der Waals surface area contributed by atoms with Gasteiger partial charge in [-0.3, -0.25) is 4.79 Å². The molecule has 3 atom stereocenters. The zero-order valence-electron chi connectivity index (χ0n) is 12.0. The third-order valence-corrected chi connectivity index (χ3v) is 5.17. The highest BCUT2D eigenvalue weighted by atomic mass is 35.5. The minimum Gasteiger partial charge on any atom is -0.480 e.